The first-order valence-electron chi connectivity index (χ1n) is 6.64. The van der Waals surface area contributed by atoms with Crippen LogP contribution in [0.5, 0.6) is 0 Å². The van der Waals surface area contributed by atoms with Gasteiger partial charge in [0.25, 0.3) is 0 Å². The van der Waals surface area contributed by atoms with Crippen molar-refractivity contribution < 1.29 is 9.53 Å². The van der Waals surface area contributed by atoms with Crippen molar-refractivity contribution in [3.8, 4) is 0 Å². The van der Waals surface area contributed by atoms with E-state index in [1.165, 1.54) is 29.6 Å². The second-order valence-electron chi connectivity index (χ2n) is 4.79. The molecular weight excluding hydrogens is 272 g/mol. The van der Waals surface area contributed by atoms with Gasteiger partial charge >= 0.3 is 5.97 Å². The Bertz CT molecular complexity index is 624. The molecule has 1 aliphatic heterocycles. The number of nitrogens with zero attached hydrogens (tertiary/aromatic N) is 2. The number of anilines is 1. The lowest BCUT2D eigenvalue weighted by Gasteiger charge is -2.19. The third kappa shape index (κ3) is 2.54. The van der Waals surface area contributed by atoms with E-state index >= 15 is 0 Å². The van der Waals surface area contributed by atoms with E-state index in [-0.39, 0.29) is 5.97 Å². The van der Waals surface area contributed by atoms with Gasteiger partial charge in [0.1, 0.15) is 4.88 Å². The molecule has 0 N–H and O–H groups in total. The summed E-state index contributed by atoms with van der Waals surface area (Å²) >= 11 is 1.40. The lowest BCUT2D eigenvalue weighted by molar-refractivity contribution is 0.0606. The molecule has 0 fully saturated rings. The van der Waals surface area contributed by atoms with Gasteiger partial charge in [0.05, 0.1) is 13.3 Å². The second kappa shape index (κ2) is 5.63. The zero-order chi connectivity index (χ0) is 13.9. The highest BCUT2D eigenvalue weighted by atomic mass is 32.1. The standard InChI is InChI=1S/C15H16N2O2S/c1-19-14(18)13-9-16-15(20-13)17-8-4-7-11-5-2-3-6-12(11)10-17/h2-3,5-6,9H,4,7-8,10H2,1H3. The molecule has 2 heterocycles. The summed E-state index contributed by atoms with van der Waals surface area (Å²) in [5.74, 6) is -0.316. The zero-order valence-corrected chi connectivity index (χ0v) is 12.2. The van der Waals surface area contributed by atoms with E-state index < -0.39 is 0 Å². The van der Waals surface area contributed by atoms with Gasteiger partial charge in [0.15, 0.2) is 5.13 Å². The molecule has 0 spiro atoms. The maximum atomic E-state index is 11.5. The molecule has 0 saturated carbocycles. The quantitative estimate of drug-likeness (QED) is 0.797. The number of benzene rings is 1. The van der Waals surface area contributed by atoms with Crippen LogP contribution in [0.3, 0.4) is 0 Å². The van der Waals surface area contributed by atoms with E-state index in [4.69, 9.17) is 4.74 Å². The second-order valence-corrected chi connectivity index (χ2v) is 5.80. The van der Waals surface area contributed by atoms with Gasteiger partial charge in [-0.3, -0.25) is 0 Å². The van der Waals surface area contributed by atoms with Crippen LogP contribution in [0, 0.1) is 0 Å². The van der Waals surface area contributed by atoms with Crippen LogP contribution in [-0.2, 0) is 17.7 Å². The normalized spacial score (nSPS) is 14.6. The fraction of sp³-hybridized carbons (Fsp3) is 0.333. The largest absolute Gasteiger partial charge is 0.465 e. The third-order valence-corrected chi connectivity index (χ3v) is 4.54. The summed E-state index contributed by atoms with van der Waals surface area (Å²) in [6.07, 6.45) is 3.80. The minimum Gasteiger partial charge on any atom is -0.465 e. The summed E-state index contributed by atoms with van der Waals surface area (Å²) < 4.78 is 4.73. The SMILES string of the molecule is COC(=O)c1cnc(N2CCCc3ccccc3C2)s1. The minimum atomic E-state index is -0.316. The van der Waals surface area contributed by atoms with Crippen molar-refractivity contribution in [1.82, 2.24) is 4.98 Å². The molecule has 0 amide bonds. The molecule has 20 heavy (non-hydrogen) atoms. The number of rotatable bonds is 2. The predicted molar refractivity (Wildman–Crippen MR) is 79.3 cm³/mol. The number of ether oxygens (including phenoxy) is 1. The van der Waals surface area contributed by atoms with E-state index in [0.717, 1.165) is 31.1 Å². The summed E-state index contributed by atoms with van der Waals surface area (Å²) in [6.45, 7) is 1.81. The van der Waals surface area contributed by atoms with E-state index in [9.17, 15) is 4.79 Å². The third-order valence-electron chi connectivity index (χ3n) is 3.50. The Balaban J connectivity index is 1.84. The van der Waals surface area contributed by atoms with Crippen molar-refractivity contribution in [1.29, 1.82) is 0 Å². The monoisotopic (exact) mass is 288 g/mol. The zero-order valence-electron chi connectivity index (χ0n) is 11.3. The van der Waals surface area contributed by atoms with E-state index in [0.29, 0.717) is 4.88 Å². The van der Waals surface area contributed by atoms with Gasteiger partial charge in [-0.05, 0) is 24.0 Å². The van der Waals surface area contributed by atoms with E-state index in [1.807, 2.05) is 0 Å². The predicted octanol–water partition coefficient (Wildman–Crippen LogP) is 2.88. The smallest absolute Gasteiger partial charge is 0.349 e. The number of hydrogen-bond donors (Lipinski definition) is 0. The highest BCUT2D eigenvalue weighted by molar-refractivity contribution is 7.17. The Hall–Kier alpha value is -1.88. The van der Waals surface area contributed by atoms with Gasteiger partial charge in [-0.1, -0.05) is 35.6 Å². The first-order valence-corrected chi connectivity index (χ1v) is 7.45. The summed E-state index contributed by atoms with van der Waals surface area (Å²) in [7, 11) is 1.39. The Morgan fingerprint density at radius 1 is 1.35 bits per heavy atom. The van der Waals surface area contributed by atoms with Crippen LogP contribution < -0.4 is 4.90 Å². The van der Waals surface area contributed by atoms with Crippen molar-refractivity contribution in [3.63, 3.8) is 0 Å². The van der Waals surface area contributed by atoms with Crippen molar-refractivity contribution in [2.24, 2.45) is 0 Å². The fourth-order valence-electron chi connectivity index (χ4n) is 2.47. The molecule has 3 rings (SSSR count). The molecule has 2 aromatic rings. The Kier molecular flexibility index (Phi) is 3.69. The molecule has 104 valence electrons. The molecule has 5 heteroatoms. The number of carbonyl (C=O) groups is 1. The summed E-state index contributed by atoms with van der Waals surface area (Å²) in [4.78, 5) is 18.7. The fourth-order valence-corrected chi connectivity index (χ4v) is 3.33. The van der Waals surface area contributed by atoms with Gasteiger partial charge < -0.3 is 9.64 Å². The van der Waals surface area contributed by atoms with Crippen LogP contribution >= 0.6 is 11.3 Å². The van der Waals surface area contributed by atoms with Crippen molar-refractivity contribution in [2.45, 2.75) is 19.4 Å². The van der Waals surface area contributed by atoms with Gasteiger partial charge in [-0.15, -0.1) is 0 Å². The minimum absolute atomic E-state index is 0.316. The van der Waals surface area contributed by atoms with Gasteiger partial charge in [-0.2, -0.15) is 0 Å². The van der Waals surface area contributed by atoms with Gasteiger partial charge in [-0.25, -0.2) is 9.78 Å². The van der Waals surface area contributed by atoms with Crippen LogP contribution in [0.4, 0.5) is 5.13 Å². The van der Waals surface area contributed by atoms with Crippen LogP contribution in [0.1, 0.15) is 27.2 Å². The maximum absolute atomic E-state index is 11.5. The first kappa shape index (κ1) is 13.1. The van der Waals surface area contributed by atoms with Crippen LogP contribution in [0.15, 0.2) is 30.5 Å². The number of aryl methyl sites for hydroxylation is 1. The number of thiazole rings is 1. The maximum Gasteiger partial charge on any atom is 0.349 e. The highest BCUT2D eigenvalue weighted by Gasteiger charge is 2.18. The molecule has 0 atom stereocenters. The molecule has 0 aliphatic carbocycles. The van der Waals surface area contributed by atoms with Crippen molar-refractivity contribution >= 4 is 22.4 Å². The number of carbonyl (C=O) groups excluding carboxylic acids is 1. The number of esters is 1. The summed E-state index contributed by atoms with van der Waals surface area (Å²) in [5, 5.41) is 0.891. The average molecular weight is 288 g/mol. The lowest BCUT2D eigenvalue weighted by Crippen LogP contribution is -2.22. The van der Waals surface area contributed by atoms with E-state index in [1.54, 1.807) is 6.20 Å². The van der Waals surface area contributed by atoms with Gasteiger partial charge in [0.2, 0.25) is 0 Å². The van der Waals surface area contributed by atoms with Crippen LogP contribution in [0.2, 0.25) is 0 Å². The van der Waals surface area contributed by atoms with Crippen molar-refractivity contribution in [2.75, 3.05) is 18.6 Å². The lowest BCUT2D eigenvalue weighted by atomic mass is 10.0. The van der Waals surface area contributed by atoms with Crippen molar-refractivity contribution in [3.05, 3.63) is 46.5 Å². The number of methoxy groups -OCH3 is 1. The van der Waals surface area contributed by atoms with Crippen LogP contribution in [0.25, 0.3) is 0 Å². The number of fused-ring (bicyclic) bond motifs is 1. The first-order chi connectivity index (χ1) is 9.78. The van der Waals surface area contributed by atoms with E-state index in [2.05, 4.69) is 34.1 Å². The average Bonchev–Trinajstić information content (AvgIpc) is 2.87. The summed E-state index contributed by atoms with van der Waals surface area (Å²) in [5.41, 5.74) is 2.76. The molecule has 0 bridgehead atoms. The topological polar surface area (TPSA) is 42.4 Å². The van der Waals surface area contributed by atoms with Crippen LogP contribution in [-0.4, -0.2) is 24.6 Å². The molecule has 1 aliphatic rings. The Morgan fingerprint density at radius 2 is 2.15 bits per heavy atom. The summed E-state index contributed by atoms with van der Waals surface area (Å²) in [6, 6.07) is 8.53. The molecule has 4 nitrogen and oxygen atoms in total. The molecular formula is C15H16N2O2S. The Labute approximate surface area is 122 Å². The molecule has 1 aromatic carbocycles. The number of aromatic nitrogens is 1. The Morgan fingerprint density at radius 3 is 2.95 bits per heavy atom. The van der Waals surface area contributed by atoms with Gasteiger partial charge in [0, 0.05) is 13.1 Å². The number of hydrogen-bond acceptors (Lipinski definition) is 5. The molecule has 0 radical (unpaired) electrons. The molecule has 1 aromatic heterocycles. The highest BCUT2D eigenvalue weighted by Crippen LogP contribution is 2.27. The molecule has 0 unspecified atom stereocenters. The molecule has 0 saturated heterocycles.